The Morgan fingerprint density at radius 3 is 1.82 bits per heavy atom. The molecule has 0 N–H and O–H groups in total. The topological polar surface area (TPSA) is 69.7 Å². The summed E-state index contributed by atoms with van der Waals surface area (Å²) in [5.74, 6) is -2.66. The van der Waals surface area contributed by atoms with Crippen LogP contribution in [-0.4, -0.2) is 54.0 Å². The van der Waals surface area contributed by atoms with Gasteiger partial charge in [-0.2, -0.15) is 0 Å². The molecule has 1 aliphatic carbocycles. The zero-order chi connectivity index (χ0) is 24.2. The molecule has 0 aliphatic heterocycles. The fourth-order valence-electron chi connectivity index (χ4n) is 4.52. The number of carbonyl (C=O) groups excluding carboxylic acids is 3. The predicted molar refractivity (Wildman–Crippen MR) is 132 cm³/mol. The Morgan fingerprint density at radius 2 is 1.36 bits per heavy atom. The van der Waals surface area contributed by atoms with Gasteiger partial charge in [-0.15, -0.1) is 0 Å². The second kappa shape index (κ2) is 10.4. The fourth-order valence-corrected chi connectivity index (χ4v) is 11.7. The van der Waals surface area contributed by atoms with Crippen LogP contribution in [0.3, 0.4) is 0 Å². The Morgan fingerprint density at radius 1 is 0.879 bits per heavy atom. The molecule has 0 aromatic heterocycles. The quantitative estimate of drug-likeness (QED) is 0.201. The van der Waals surface area contributed by atoms with Crippen molar-refractivity contribution in [3.05, 3.63) is 66.2 Å². The van der Waals surface area contributed by atoms with Gasteiger partial charge in [0.05, 0.1) is 0 Å². The molecule has 176 valence electrons. The molecule has 0 bridgehead atoms. The summed E-state index contributed by atoms with van der Waals surface area (Å²) in [6.45, 7) is 10.4. The molecule has 0 spiro atoms. The first-order chi connectivity index (χ1) is 15.7. The Hall–Kier alpha value is -2.21. The molecular weight excluding hydrogens is 499 g/mol. The monoisotopic (exact) mass is 532 g/mol. The van der Waals surface area contributed by atoms with E-state index in [1.54, 1.807) is 38.1 Å². The minimum atomic E-state index is -1.93. The minimum absolute atomic E-state index is 0.0215. The summed E-state index contributed by atoms with van der Waals surface area (Å²) >= 11 is -0.0215. The SMILES string of the molecule is CCOC(=O)C1(C(=O)OCC)[C@@H]([C@@H]([Se]c2ccccc2)[Si](C)(C)C)[C@H]1C(=O)c1ccccc1. The van der Waals surface area contributed by atoms with Crippen LogP contribution in [0, 0.1) is 17.3 Å². The molecule has 3 atom stereocenters. The fraction of sp³-hybridized carbons (Fsp3) is 0.423. The van der Waals surface area contributed by atoms with Crippen molar-refractivity contribution in [1.29, 1.82) is 0 Å². The summed E-state index contributed by atoms with van der Waals surface area (Å²) in [5, 5.41) is 0. The Labute approximate surface area is 203 Å². The van der Waals surface area contributed by atoms with Crippen LogP contribution in [0.2, 0.25) is 24.1 Å². The van der Waals surface area contributed by atoms with Gasteiger partial charge in [-0.25, -0.2) is 0 Å². The molecule has 2 aromatic carbocycles. The number of carbonyl (C=O) groups is 3. The van der Waals surface area contributed by atoms with Crippen LogP contribution in [-0.2, 0) is 19.1 Å². The molecule has 0 saturated heterocycles. The van der Waals surface area contributed by atoms with Gasteiger partial charge in [-0.1, -0.05) is 0 Å². The van der Waals surface area contributed by atoms with Gasteiger partial charge in [0.2, 0.25) is 0 Å². The first-order valence-electron chi connectivity index (χ1n) is 11.3. The van der Waals surface area contributed by atoms with Crippen LogP contribution < -0.4 is 4.46 Å². The molecule has 7 heteroatoms. The van der Waals surface area contributed by atoms with Crippen molar-refractivity contribution in [1.82, 2.24) is 0 Å². The second-order valence-corrected chi connectivity index (χ2v) is 18.1. The van der Waals surface area contributed by atoms with Gasteiger partial charge in [0.15, 0.2) is 0 Å². The van der Waals surface area contributed by atoms with Crippen LogP contribution in [0.5, 0.6) is 0 Å². The average molecular weight is 532 g/mol. The van der Waals surface area contributed by atoms with Crippen LogP contribution >= 0.6 is 0 Å². The van der Waals surface area contributed by atoms with E-state index in [1.165, 1.54) is 4.46 Å². The van der Waals surface area contributed by atoms with Crippen molar-refractivity contribution in [3.8, 4) is 0 Å². The molecular formula is C26H32O5SeSi. The van der Waals surface area contributed by atoms with Gasteiger partial charge in [-0.3, -0.25) is 0 Å². The van der Waals surface area contributed by atoms with Crippen molar-refractivity contribution in [2.45, 2.75) is 37.9 Å². The molecule has 1 aliphatic rings. The van der Waals surface area contributed by atoms with Gasteiger partial charge in [0.25, 0.3) is 0 Å². The molecule has 0 heterocycles. The molecule has 3 rings (SSSR count). The molecule has 2 aromatic rings. The number of rotatable bonds is 10. The number of hydrogen-bond acceptors (Lipinski definition) is 5. The first kappa shape index (κ1) is 25.4. The summed E-state index contributed by atoms with van der Waals surface area (Å²) in [6, 6.07) is 19.1. The predicted octanol–water partition coefficient (Wildman–Crippen LogP) is 3.92. The molecule has 1 fully saturated rings. The van der Waals surface area contributed by atoms with Crippen molar-refractivity contribution >= 4 is 45.2 Å². The summed E-state index contributed by atoms with van der Waals surface area (Å²) in [7, 11) is -1.93. The van der Waals surface area contributed by atoms with E-state index in [0.717, 1.165) is 0 Å². The van der Waals surface area contributed by atoms with Gasteiger partial charge < -0.3 is 0 Å². The third-order valence-corrected chi connectivity index (χ3v) is 15.4. The van der Waals surface area contributed by atoms with Crippen molar-refractivity contribution < 1.29 is 23.9 Å². The van der Waals surface area contributed by atoms with E-state index >= 15 is 0 Å². The van der Waals surface area contributed by atoms with E-state index in [-0.39, 0.29) is 38.4 Å². The maximum atomic E-state index is 13.7. The van der Waals surface area contributed by atoms with Crippen LogP contribution in [0.1, 0.15) is 24.2 Å². The van der Waals surface area contributed by atoms with Crippen molar-refractivity contribution in [2.24, 2.45) is 17.3 Å². The van der Waals surface area contributed by atoms with E-state index in [4.69, 9.17) is 9.47 Å². The van der Waals surface area contributed by atoms with E-state index in [1.807, 2.05) is 24.3 Å². The van der Waals surface area contributed by atoms with E-state index in [2.05, 4.69) is 31.8 Å². The second-order valence-electron chi connectivity index (χ2n) is 9.26. The number of ether oxygens (including phenoxy) is 2. The van der Waals surface area contributed by atoms with Crippen LogP contribution in [0.4, 0.5) is 0 Å². The summed E-state index contributed by atoms with van der Waals surface area (Å²) in [5.41, 5.74) is -1.08. The third-order valence-electron chi connectivity index (χ3n) is 6.02. The first-order valence-corrected chi connectivity index (χ1v) is 16.8. The number of ketones is 1. The maximum absolute atomic E-state index is 13.7. The van der Waals surface area contributed by atoms with E-state index < -0.39 is 37.3 Å². The molecule has 5 nitrogen and oxygen atoms in total. The zero-order valence-electron chi connectivity index (χ0n) is 19.9. The molecule has 33 heavy (non-hydrogen) atoms. The van der Waals surface area contributed by atoms with Gasteiger partial charge in [0.1, 0.15) is 0 Å². The van der Waals surface area contributed by atoms with Crippen LogP contribution in [0.25, 0.3) is 0 Å². The van der Waals surface area contributed by atoms with Crippen molar-refractivity contribution in [2.75, 3.05) is 13.2 Å². The normalized spacial score (nSPS) is 19.9. The molecule has 0 unspecified atom stereocenters. The van der Waals surface area contributed by atoms with Gasteiger partial charge in [-0.05, 0) is 0 Å². The van der Waals surface area contributed by atoms with E-state index in [0.29, 0.717) is 5.56 Å². The van der Waals surface area contributed by atoms with Gasteiger partial charge >= 0.3 is 204 Å². The summed E-state index contributed by atoms with van der Waals surface area (Å²) < 4.78 is 12.1. The molecule has 0 radical (unpaired) electrons. The van der Waals surface area contributed by atoms with E-state index in [9.17, 15) is 14.4 Å². The molecule has 0 amide bonds. The van der Waals surface area contributed by atoms with Crippen LogP contribution in [0.15, 0.2) is 60.7 Å². The Balaban J connectivity index is 2.14. The summed E-state index contributed by atoms with van der Waals surface area (Å²) in [6.07, 6.45) is 0. The van der Waals surface area contributed by atoms with Gasteiger partial charge in [0, 0.05) is 0 Å². The molecule has 1 saturated carbocycles. The number of hydrogen-bond donors (Lipinski definition) is 0. The number of Topliss-reactive ketones (excluding diaryl/α,β-unsaturated/α-hetero) is 1. The number of esters is 2. The van der Waals surface area contributed by atoms with Crippen molar-refractivity contribution in [3.63, 3.8) is 0 Å². The average Bonchev–Trinajstić information content (AvgIpc) is 3.48. The number of benzene rings is 2. The Kier molecular flexibility index (Phi) is 7.99. The summed E-state index contributed by atoms with van der Waals surface area (Å²) in [4.78, 5) is 40.6. The Bertz CT molecular complexity index is 969. The zero-order valence-corrected chi connectivity index (χ0v) is 22.6. The third kappa shape index (κ3) is 5.00. The standard InChI is InChI=1S/C26H32O5SeSi/c1-6-30-24(28)26(25(29)31-7-2)20(22(27)18-14-10-8-11-15-18)21(26)23(33(3,4)5)32-19-16-12-9-13-17-19/h8-17,20-21,23H,6-7H2,1-5H3/t20-,21+,23-/m0/s1.